The van der Waals surface area contributed by atoms with E-state index in [-0.39, 0.29) is 18.1 Å². The van der Waals surface area contributed by atoms with E-state index in [4.69, 9.17) is 4.74 Å². The maximum Gasteiger partial charge on any atom is 0.253 e. The van der Waals surface area contributed by atoms with E-state index in [1.807, 2.05) is 19.9 Å². The van der Waals surface area contributed by atoms with Gasteiger partial charge in [0.2, 0.25) is 0 Å². The summed E-state index contributed by atoms with van der Waals surface area (Å²) in [7, 11) is 0. The molecule has 3 rings (SSSR count). The number of aromatic nitrogens is 1. The van der Waals surface area contributed by atoms with Gasteiger partial charge in [0.25, 0.3) is 5.91 Å². The maximum absolute atomic E-state index is 12.6. The molecule has 1 saturated heterocycles. The summed E-state index contributed by atoms with van der Waals surface area (Å²) in [6, 6.07) is 6.22. The number of nitrogens with one attached hydrogen (secondary N) is 1. The highest BCUT2D eigenvalue weighted by Crippen LogP contribution is 2.20. The Bertz CT molecular complexity index is 670. The Morgan fingerprint density at radius 3 is 3.00 bits per heavy atom. The molecule has 2 aromatic rings. The van der Waals surface area contributed by atoms with Crippen LogP contribution in [0.2, 0.25) is 0 Å². The van der Waals surface area contributed by atoms with E-state index >= 15 is 0 Å². The first-order valence-corrected chi connectivity index (χ1v) is 9.06. The highest BCUT2D eigenvalue weighted by atomic mass is 32.1. The normalized spacial score (nSPS) is 19.0. The first kappa shape index (κ1) is 16.3. The standard InChI is InChI=1S/C18H24N2O2S/c1-12-10-16(14(3)20(12)11-15-6-5-9-23-15)18(21)19-13(2)17-7-4-8-22-17/h5-6,9-10,13,17H,4,7-8,11H2,1-3H3,(H,19,21)/t13-,17-/m0/s1. The summed E-state index contributed by atoms with van der Waals surface area (Å²) in [6.45, 7) is 7.73. The first-order chi connectivity index (χ1) is 11.1. The summed E-state index contributed by atoms with van der Waals surface area (Å²) in [4.78, 5) is 13.9. The van der Waals surface area contributed by atoms with Gasteiger partial charge in [0.15, 0.2) is 0 Å². The maximum atomic E-state index is 12.6. The average Bonchev–Trinajstić information content (AvgIpc) is 3.25. The van der Waals surface area contributed by atoms with Crippen molar-refractivity contribution in [2.45, 2.75) is 52.3 Å². The van der Waals surface area contributed by atoms with E-state index < -0.39 is 0 Å². The fourth-order valence-corrected chi connectivity index (χ4v) is 3.90. The van der Waals surface area contributed by atoms with Crippen LogP contribution >= 0.6 is 11.3 Å². The third-order valence-electron chi connectivity index (χ3n) is 4.59. The number of thiophene rings is 1. The minimum absolute atomic E-state index is 0.00136. The molecule has 1 aliphatic rings. The molecule has 1 N–H and O–H groups in total. The number of ether oxygens (including phenoxy) is 1. The van der Waals surface area contributed by atoms with Gasteiger partial charge < -0.3 is 14.6 Å². The Morgan fingerprint density at radius 1 is 1.52 bits per heavy atom. The zero-order chi connectivity index (χ0) is 16.4. The number of carbonyl (C=O) groups is 1. The van der Waals surface area contributed by atoms with Crippen LogP contribution in [0, 0.1) is 13.8 Å². The Labute approximate surface area is 141 Å². The van der Waals surface area contributed by atoms with Gasteiger partial charge in [-0.2, -0.15) is 0 Å². The lowest BCUT2D eigenvalue weighted by Crippen LogP contribution is -2.41. The van der Waals surface area contributed by atoms with Crippen LogP contribution in [0.3, 0.4) is 0 Å². The van der Waals surface area contributed by atoms with Gasteiger partial charge >= 0.3 is 0 Å². The van der Waals surface area contributed by atoms with Crippen molar-refractivity contribution in [3.8, 4) is 0 Å². The number of hydrogen-bond acceptors (Lipinski definition) is 3. The number of amides is 1. The summed E-state index contributed by atoms with van der Waals surface area (Å²) >= 11 is 1.74. The summed E-state index contributed by atoms with van der Waals surface area (Å²) in [5.41, 5.74) is 2.91. The van der Waals surface area contributed by atoms with Gasteiger partial charge in [-0.15, -0.1) is 11.3 Å². The predicted molar refractivity (Wildman–Crippen MR) is 93.2 cm³/mol. The van der Waals surface area contributed by atoms with Gasteiger partial charge in [0.05, 0.1) is 24.3 Å². The van der Waals surface area contributed by atoms with Gasteiger partial charge in [-0.05, 0) is 51.1 Å². The molecule has 0 aromatic carbocycles. The Morgan fingerprint density at radius 2 is 2.35 bits per heavy atom. The van der Waals surface area contributed by atoms with Crippen molar-refractivity contribution in [2.75, 3.05) is 6.61 Å². The van der Waals surface area contributed by atoms with Crippen LogP contribution in [0.1, 0.15) is 46.4 Å². The van der Waals surface area contributed by atoms with Crippen molar-refractivity contribution in [3.63, 3.8) is 0 Å². The number of aryl methyl sites for hydroxylation is 1. The first-order valence-electron chi connectivity index (χ1n) is 8.18. The quantitative estimate of drug-likeness (QED) is 0.910. The van der Waals surface area contributed by atoms with Gasteiger partial charge in [0.1, 0.15) is 0 Å². The molecule has 3 heterocycles. The fraction of sp³-hybridized carbons (Fsp3) is 0.500. The van der Waals surface area contributed by atoms with Crippen LogP contribution in [0.4, 0.5) is 0 Å². The fourth-order valence-electron chi connectivity index (χ4n) is 3.21. The van der Waals surface area contributed by atoms with E-state index in [1.165, 1.54) is 4.88 Å². The Balaban J connectivity index is 1.73. The molecule has 4 nitrogen and oxygen atoms in total. The van der Waals surface area contributed by atoms with E-state index in [0.29, 0.717) is 0 Å². The second kappa shape index (κ2) is 6.89. The highest BCUT2D eigenvalue weighted by molar-refractivity contribution is 7.09. The summed E-state index contributed by atoms with van der Waals surface area (Å²) < 4.78 is 7.87. The van der Waals surface area contributed by atoms with Gasteiger partial charge in [0, 0.05) is 22.9 Å². The van der Waals surface area contributed by atoms with Crippen molar-refractivity contribution in [2.24, 2.45) is 0 Å². The lowest BCUT2D eigenvalue weighted by Gasteiger charge is -2.20. The van der Waals surface area contributed by atoms with Crippen LogP contribution in [0.25, 0.3) is 0 Å². The predicted octanol–water partition coefficient (Wildman–Crippen LogP) is 3.51. The Kier molecular flexibility index (Phi) is 4.87. The topological polar surface area (TPSA) is 43.3 Å². The van der Waals surface area contributed by atoms with E-state index in [1.54, 1.807) is 11.3 Å². The summed E-state index contributed by atoms with van der Waals surface area (Å²) in [5.74, 6) is -0.00136. The number of rotatable bonds is 5. The molecule has 0 bridgehead atoms. The molecule has 2 atom stereocenters. The molecule has 23 heavy (non-hydrogen) atoms. The van der Waals surface area contributed by atoms with E-state index in [9.17, 15) is 4.79 Å². The Hall–Kier alpha value is -1.59. The molecule has 124 valence electrons. The number of hydrogen-bond donors (Lipinski definition) is 1. The molecule has 0 saturated carbocycles. The minimum Gasteiger partial charge on any atom is -0.376 e. The van der Waals surface area contributed by atoms with Crippen molar-refractivity contribution in [1.29, 1.82) is 0 Å². The van der Waals surface area contributed by atoms with Crippen molar-refractivity contribution >= 4 is 17.2 Å². The van der Waals surface area contributed by atoms with Gasteiger partial charge in [-0.1, -0.05) is 6.07 Å². The lowest BCUT2D eigenvalue weighted by molar-refractivity contribution is 0.0712. The SMILES string of the molecule is Cc1cc(C(=O)N[C@@H](C)[C@@H]2CCCO2)c(C)n1Cc1cccs1. The summed E-state index contributed by atoms with van der Waals surface area (Å²) in [6.07, 6.45) is 2.26. The molecule has 1 fully saturated rings. The molecule has 0 radical (unpaired) electrons. The van der Waals surface area contributed by atoms with Crippen LogP contribution in [0.15, 0.2) is 23.6 Å². The van der Waals surface area contributed by atoms with Crippen molar-refractivity contribution < 1.29 is 9.53 Å². The van der Waals surface area contributed by atoms with Crippen molar-refractivity contribution in [1.82, 2.24) is 9.88 Å². The second-order valence-corrected chi connectivity index (χ2v) is 7.30. The molecule has 0 aliphatic carbocycles. The van der Waals surface area contributed by atoms with E-state index in [2.05, 4.69) is 34.3 Å². The molecule has 0 unspecified atom stereocenters. The smallest absolute Gasteiger partial charge is 0.253 e. The molecular weight excluding hydrogens is 308 g/mol. The monoisotopic (exact) mass is 332 g/mol. The zero-order valence-corrected chi connectivity index (χ0v) is 14.8. The molecule has 1 amide bonds. The molecule has 1 aliphatic heterocycles. The van der Waals surface area contributed by atoms with Crippen LogP contribution in [-0.2, 0) is 11.3 Å². The average molecular weight is 332 g/mol. The second-order valence-electron chi connectivity index (χ2n) is 6.26. The van der Waals surface area contributed by atoms with E-state index in [0.717, 1.165) is 42.9 Å². The molecule has 5 heteroatoms. The number of carbonyl (C=O) groups excluding carboxylic acids is 1. The largest absolute Gasteiger partial charge is 0.376 e. The third kappa shape index (κ3) is 3.51. The van der Waals surface area contributed by atoms with Crippen LogP contribution < -0.4 is 5.32 Å². The highest BCUT2D eigenvalue weighted by Gasteiger charge is 2.25. The summed E-state index contributed by atoms with van der Waals surface area (Å²) in [5, 5.41) is 5.19. The third-order valence-corrected chi connectivity index (χ3v) is 5.45. The zero-order valence-electron chi connectivity index (χ0n) is 14.0. The van der Waals surface area contributed by atoms with Crippen LogP contribution in [-0.4, -0.2) is 29.2 Å². The lowest BCUT2D eigenvalue weighted by atomic mass is 10.1. The van der Waals surface area contributed by atoms with Gasteiger partial charge in [-0.25, -0.2) is 0 Å². The molecular formula is C18H24N2O2S. The molecule has 0 spiro atoms. The van der Waals surface area contributed by atoms with Gasteiger partial charge in [-0.3, -0.25) is 4.79 Å². The van der Waals surface area contributed by atoms with Crippen molar-refractivity contribution in [3.05, 3.63) is 45.4 Å². The molecule has 2 aromatic heterocycles. The minimum atomic E-state index is -0.00136. The van der Waals surface area contributed by atoms with Crippen LogP contribution in [0.5, 0.6) is 0 Å². The number of nitrogens with zero attached hydrogens (tertiary/aromatic N) is 1.